The number of thiophene rings is 1. The Morgan fingerprint density at radius 2 is 2.38 bits per heavy atom. The molecule has 0 bridgehead atoms. The standard InChI is InChI=1S/C8H11BrN2OS/c1-5(10)8(12)11(2)7-3-6(9)4-13-7/h3-5H,10H2,1-2H3. The van der Waals surface area contributed by atoms with E-state index < -0.39 is 6.04 Å². The fourth-order valence-corrected chi connectivity index (χ4v) is 2.29. The SMILES string of the molecule is CC(N)C(=O)N(C)c1cc(Br)cs1. The van der Waals surface area contributed by atoms with Crippen LogP contribution in [0.25, 0.3) is 0 Å². The number of carbonyl (C=O) groups is 1. The van der Waals surface area contributed by atoms with Crippen LogP contribution in [-0.2, 0) is 4.79 Å². The van der Waals surface area contributed by atoms with Gasteiger partial charge in [-0.05, 0) is 28.9 Å². The first-order valence-electron chi connectivity index (χ1n) is 3.79. The highest BCUT2D eigenvalue weighted by molar-refractivity contribution is 9.10. The summed E-state index contributed by atoms with van der Waals surface area (Å²) in [4.78, 5) is 13.0. The molecule has 5 heteroatoms. The van der Waals surface area contributed by atoms with Crippen molar-refractivity contribution >= 4 is 38.2 Å². The van der Waals surface area contributed by atoms with Gasteiger partial charge >= 0.3 is 0 Å². The average molecular weight is 263 g/mol. The second-order valence-corrected chi connectivity index (χ2v) is 4.59. The maximum absolute atomic E-state index is 11.4. The number of nitrogens with zero attached hydrogens (tertiary/aromatic N) is 1. The summed E-state index contributed by atoms with van der Waals surface area (Å²) >= 11 is 4.83. The molecule has 1 unspecified atom stereocenters. The van der Waals surface area contributed by atoms with Gasteiger partial charge in [-0.1, -0.05) is 0 Å². The van der Waals surface area contributed by atoms with Crippen molar-refractivity contribution in [1.82, 2.24) is 0 Å². The van der Waals surface area contributed by atoms with Crippen LogP contribution in [-0.4, -0.2) is 19.0 Å². The van der Waals surface area contributed by atoms with E-state index in [0.717, 1.165) is 9.47 Å². The average Bonchev–Trinajstić information content (AvgIpc) is 2.49. The second kappa shape index (κ2) is 4.21. The lowest BCUT2D eigenvalue weighted by Crippen LogP contribution is -2.39. The second-order valence-electron chi connectivity index (χ2n) is 2.79. The third-order valence-corrected chi connectivity index (χ3v) is 3.37. The fourth-order valence-electron chi connectivity index (χ4n) is 0.893. The van der Waals surface area contributed by atoms with Crippen LogP contribution in [0, 0.1) is 0 Å². The molecular formula is C8H11BrN2OS. The van der Waals surface area contributed by atoms with Gasteiger partial charge in [0.2, 0.25) is 5.91 Å². The number of likely N-dealkylation sites (N-methyl/N-ethyl adjacent to an activating group) is 1. The highest BCUT2D eigenvalue weighted by Gasteiger charge is 2.15. The fraction of sp³-hybridized carbons (Fsp3) is 0.375. The van der Waals surface area contributed by atoms with E-state index in [4.69, 9.17) is 5.73 Å². The first kappa shape index (κ1) is 10.7. The lowest BCUT2D eigenvalue weighted by molar-refractivity contribution is -0.119. The molecule has 2 N–H and O–H groups in total. The Balaban J connectivity index is 2.79. The summed E-state index contributed by atoms with van der Waals surface area (Å²) in [7, 11) is 1.73. The molecule has 1 aromatic rings. The van der Waals surface area contributed by atoms with Crippen LogP contribution < -0.4 is 10.6 Å². The first-order valence-corrected chi connectivity index (χ1v) is 5.47. The predicted octanol–water partition coefficient (Wildman–Crippen LogP) is 1.82. The molecule has 3 nitrogen and oxygen atoms in total. The number of carbonyl (C=O) groups excluding carboxylic acids is 1. The summed E-state index contributed by atoms with van der Waals surface area (Å²) in [6.45, 7) is 1.68. The summed E-state index contributed by atoms with van der Waals surface area (Å²) in [6, 6.07) is 1.44. The lowest BCUT2D eigenvalue weighted by atomic mass is 10.3. The minimum atomic E-state index is -0.453. The van der Waals surface area contributed by atoms with E-state index in [0.29, 0.717) is 0 Å². The lowest BCUT2D eigenvalue weighted by Gasteiger charge is -2.16. The third kappa shape index (κ3) is 2.52. The minimum Gasteiger partial charge on any atom is -0.320 e. The zero-order valence-electron chi connectivity index (χ0n) is 7.45. The van der Waals surface area contributed by atoms with Crippen LogP contribution in [0.4, 0.5) is 5.00 Å². The van der Waals surface area contributed by atoms with Gasteiger partial charge in [0.1, 0.15) is 0 Å². The van der Waals surface area contributed by atoms with E-state index in [1.54, 1.807) is 18.9 Å². The number of amides is 1. The maximum atomic E-state index is 11.4. The monoisotopic (exact) mass is 262 g/mol. The molecule has 0 fully saturated rings. The molecule has 1 aromatic heterocycles. The molecule has 0 spiro atoms. The topological polar surface area (TPSA) is 46.3 Å². The Morgan fingerprint density at radius 1 is 1.77 bits per heavy atom. The molecule has 1 rings (SSSR count). The maximum Gasteiger partial charge on any atom is 0.243 e. The number of hydrogen-bond acceptors (Lipinski definition) is 3. The zero-order chi connectivity index (χ0) is 10.0. The molecule has 0 aromatic carbocycles. The quantitative estimate of drug-likeness (QED) is 0.884. The normalized spacial score (nSPS) is 12.6. The molecule has 0 saturated carbocycles. The van der Waals surface area contributed by atoms with Gasteiger partial charge in [0, 0.05) is 16.9 Å². The molecule has 1 amide bonds. The van der Waals surface area contributed by atoms with Crippen LogP contribution in [0.2, 0.25) is 0 Å². The third-order valence-electron chi connectivity index (χ3n) is 1.60. The summed E-state index contributed by atoms with van der Waals surface area (Å²) in [5, 5.41) is 2.83. The van der Waals surface area contributed by atoms with Crippen molar-refractivity contribution < 1.29 is 4.79 Å². The van der Waals surface area contributed by atoms with Crippen molar-refractivity contribution in [3.8, 4) is 0 Å². The predicted molar refractivity (Wildman–Crippen MR) is 59.1 cm³/mol. The van der Waals surface area contributed by atoms with Gasteiger partial charge in [-0.25, -0.2) is 0 Å². The van der Waals surface area contributed by atoms with Gasteiger partial charge in [-0.3, -0.25) is 4.79 Å². The smallest absolute Gasteiger partial charge is 0.243 e. The van der Waals surface area contributed by atoms with Crippen LogP contribution in [0.3, 0.4) is 0 Å². The van der Waals surface area contributed by atoms with Crippen LogP contribution in [0.15, 0.2) is 15.9 Å². The Bertz CT molecular complexity index is 311. The number of nitrogens with two attached hydrogens (primary N) is 1. The molecule has 0 saturated heterocycles. The van der Waals surface area contributed by atoms with Gasteiger partial charge < -0.3 is 10.6 Å². The largest absolute Gasteiger partial charge is 0.320 e. The molecule has 1 heterocycles. The van der Waals surface area contributed by atoms with E-state index in [1.165, 1.54) is 11.3 Å². The van der Waals surface area contributed by atoms with Crippen molar-refractivity contribution in [2.45, 2.75) is 13.0 Å². The van der Waals surface area contributed by atoms with Crippen molar-refractivity contribution in [2.75, 3.05) is 11.9 Å². The number of rotatable bonds is 2. The van der Waals surface area contributed by atoms with Crippen molar-refractivity contribution in [3.63, 3.8) is 0 Å². The van der Waals surface area contributed by atoms with E-state index >= 15 is 0 Å². The van der Waals surface area contributed by atoms with E-state index in [9.17, 15) is 4.79 Å². The van der Waals surface area contributed by atoms with Gasteiger partial charge in [-0.2, -0.15) is 0 Å². The minimum absolute atomic E-state index is 0.0747. The van der Waals surface area contributed by atoms with Crippen molar-refractivity contribution in [2.24, 2.45) is 5.73 Å². The van der Waals surface area contributed by atoms with Gasteiger partial charge in [0.05, 0.1) is 11.0 Å². The molecule has 0 radical (unpaired) electrons. The van der Waals surface area contributed by atoms with Gasteiger partial charge in [0.15, 0.2) is 0 Å². The summed E-state index contributed by atoms with van der Waals surface area (Å²) < 4.78 is 0.983. The number of hydrogen-bond donors (Lipinski definition) is 1. The first-order chi connectivity index (χ1) is 6.02. The van der Waals surface area contributed by atoms with Gasteiger partial charge in [-0.15, -0.1) is 11.3 Å². The molecule has 0 aliphatic rings. The molecule has 72 valence electrons. The highest BCUT2D eigenvalue weighted by Crippen LogP contribution is 2.27. The summed E-state index contributed by atoms with van der Waals surface area (Å²) in [5.41, 5.74) is 5.48. The van der Waals surface area contributed by atoms with E-state index in [2.05, 4.69) is 15.9 Å². The Kier molecular flexibility index (Phi) is 3.47. The number of anilines is 1. The Hall–Kier alpha value is -0.390. The van der Waals surface area contributed by atoms with Crippen LogP contribution >= 0.6 is 27.3 Å². The number of halogens is 1. The van der Waals surface area contributed by atoms with E-state index in [1.807, 2.05) is 11.4 Å². The van der Waals surface area contributed by atoms with Crippen molar-refractivity contribution in [1.29, 1.82) is 0 Å². The van der Waals surface area contributed by atoms with Crippen molar-refractivity contribution in [3.05, 3.63) is 15.9 Å². The van der Waals surface area contributed by atoms with Gasteiger partial charge in [0.25, 0.3) is 0 Å². The van der Waals surface area contributed by atoms with Crippen LogP contribution in [0.1, 0.15) is 6.92 Å². The molecular weight excluding hydrogens is 252 g/mol. The molecule has 1 atom stereocenters. The Labute approximate surface area is 89.7 Å². The Morgan fingerprint density at radius 3 is 2.77 bits per heavy atom. The highest BCUT2D eigenvalue weighted by atomic mass is 79.9. The summed E-state index contributed by atoms with van der Waals surface area (Å²) in [5.74, 6) is -0.0747. The van der Waals surface area contributed by atoms with Crippen LogP contribution in [0.5, 0.6) is 0 Å². The molecule has 13 heavy (non-hydrogen) atoms. The summed E-state index contributed by atoms with van der Waals surface area (Å²) in [6.07, 6.45) is 0. The zero-order valence-corrected chi connectivity index (χ0v) is 9.85. The van der Waals surface area contributed by atoms with E-state index in [-0.39, 0.29) is 5.91 Å². The molecule has 0 aliphatic carbocycles. The molecule has 0 aliphatic heterocycles.